The zero-order chi connectivity index (χ0) is 18.2. The number of aliphatic imine (C=N–C) groups is 1. The average Bonchev–Trinajstić information content (AvgIpc) is 2.98. The molecule has 0 N–H and O–H groups in total. The van der Waals surface area contributed by atoms with E-state index in [0.29, 0.717) is 5.17 Å². The maximum atomic E-state index is 12.0. The monoisotopic (exact) mass is 378 g/mol. The van der Waals surface area contributed by atoms with Crippen molar-refractivity contribution in [2.24, 2.45) is 4.99 Å². The highest BCUT2D eigenvalue weighted by molar-refractivity contribution is 8.16. The normalized spacial score (nSPS) is 25.6. The molecule has 0 aromatic heterocycles. The number of nitrogens with zero attached hydrogens (tertiary/aromatic N) is 4. The molecule has 0 saturated carbocycles. The van der Waals surface area contributed by atoms with E-state index in [1.165, 1.54) is 11.8 Å². The number of amidine groups is 1. The van der Waals surface area contributed by atoms with Crippen molar-refractivity contribution < 1.29 is 13.2 Å². The summed E-state index contributed by atoms with van der Waals surface area (Å²) in [6, 6.07) is 9.22. The molecule has 2 aliphatic rings. The van der Waals surface area contributed by atoms with Gasteiger partial charge < -0.3 is 9.80 Å². The molecule has 2 fully saturated rings. The van der Waals surface area contributed by atoms with Gasteiger partial charge in [0.1, 0.15) is 6.42 Å². The fraction of sp³-hybridized carbons (Fsp3) is 0.438. The third-order valence-corrected chi connectivity index (χ3v) is 7.37. The highest BCUT2D eigenvalue weighted by atomic mass is 32.2. The summed E-state index contributed by atoms with van der Waals surface area (Å²) in [5.74, 6) is -0.381. The van der Waals surface area contributed by atoms with Crippen LogP contribution in [0.5, 0.6) is 0 Å². The molecule has 25 heavy (non-hydrogen) atoms. The standard InChI is InChI=1S/C16H18N4O3S2/c1-19(2)11-3-5-12(6-4-11)20-13-9-25(22,23)10-14(13)24-16(20)18-15(21)7-8-17/h3-6,13-14H,7,9-10H2,1-2H3/t13-,14+/m0/s1. The molecule has 0 bridgehead atoms. The van der Waals surface area contributed by atoms with Crippen LogP contribution in [0.1, 0.15) is 6.42 Å². The molecular weight excluding hydrogens is 360 g/mol. The average molecular weight is 378 g/mol. The van der Waals surface area contributed by atoms with Gasteiger partial charge >= 0.3 is 0 Å². The maximum Gasteiger partial charge on any atom is 0.262 e. The largest absolute Gasteiger partial charge is 0.378 e. The predicted molar refractivity (Wildman–Crippen MR) is 99.7 cm³/mol. The molecule has 132 valence electrons. The first-order chi connectivity index (χ1) is 11.8. The summed E-state index contributed by atoms with van der Waals surface area (Å²) >= 11 is 1.31. The molecule has 0 radical (unpaired) electrons. The van der Waals surface area contributed by atoms with Crippen molar-refractivity contribution in [2.75, 3.05) is 35.4 Å². The molecule has 2 atom stereocenters. The summed E-state index contributed by atoms with van der Waals surface area (Å²) in [6.07, 6.45) is -0.287. The second-order valence-electron chi connectivity index (χ2n) is 6.20. The van der Waals surface area contributed by atoms with Crippen molar-refractivity contribution in [2.45, 2.75) is 17.7 Å². The Morgan fingerprint density at radius 1 is 1.36 bits per heavy atom. The van der Waals surface area contributed by atoms with Crippen molar-refractivity contribution >= 4 is 44.0 Å². The van der Waals surface area contributed by atoms with E-state index in [2.05, 4.69) is 4.99 Å². The van der Waals surface area contributed by atoms with E-state index in [1.807, 2.05) is 48.2 Å². The Kier molecular flexibility index (Phi) is 4.75. The predicted octanol–water partition coefficient (Wildman–Crippen LogP) is 1.27. The van der Waals surface area contributed by atoms with E-state index in [4.69, 9.17) is 5.26 Å². The number of fused-ring (bicyclic) bond motifs is 1. The van der Waals surface area contributed by atoms with Crippen molar-refractivity contribution in [1.29, 1.82) is 5.26 Å². The Morgan fingerprint density at radius 2 is 2.04 bits per heavy atom. The molecule has 2 heterocycles. The Bertz CT molecular complexity index is 856. The minimum Gasteiger partial charge on any atom is -0.378 e. The Morgan fingerprint density at radius 3 is 2.64 bits per heavy atom. The summed E-state index contributed by atoms with van der Waals surface area (Å²) in [6.45, 7) is 0. The SMILES string of the molecule is CN(C)c1ccc(N2C(=NC(=O)CC#N)S[C@@H]3CS(=O)(=O)C[C@@H]32)cc1. The molecule has 3 rings (SSSR count). The van der Waals surface area contributed by atoms with E-state index in [0.717, 1.165) is 11.4 Å². The number of hydrogen-bond donors (Lipinski definition) is 0. The first-order valence-electron chi connectivity index (χ1n) is 7.73. The number of rotatable bonds is 3. The van der Waals surface area contributed by atoms with Crippen molar-refractivity contribution in [3.05, 3.63) is 24.3 Å². The van der Waals surface area contributed by atoms with Gasteiger partial charge in [0.2, 0.25) is 0 Å². The summed E-state index contributed by atoms with van der Waals surface area (Å²) in [5.41, 5.74) is 1.82. The first-order valence-corrected chi connectivity index (χ1v) is 10.4. The lowest BCUT2D eigenvalue weighted by molar-refractivity contribution is -0.116. The number of hydrogen-bond acceptors (Lipinski definition) is 6. The zero-order valence-corrected chi connectivity index (χ0v) is 15.5. The van der Waals surface area contributed by atoms with Gasteiger partial charge in [-0.15, -0.1) is 0 Å². The third-order valence-electron chi connectivity index (χ3n) is 4.16. The molecule has 9 heteroatoms. The minimum atomic E-state index is -3.09. The summed E-state index contributed by atoms with van der Waals surface area (Å²) in [5, 5.41) is 8.99. The molecule has 0 unspecified atom stereocenters. The molecule has 7 nitrogen and oxygen atoms in total. The number of sulfone groups is 1. The summed E-state index contributed by atoms with van der Waals surface area (Å²) in [4.78, 5) is 19.6. The number of amides is 1. The number of benzene rings is 1. The van der Waals surface area contributed by atoms with Gasteiger partial charge in [0.05, 0.1) is 23.6 Å². The van der Waals surface area contributed by atoms with Crippen molar-refractivity contribution in [3.63, 3.8) is 0 Å². The number of carbonyl (C=O) groups excluding carboxylic acids is 1. The van der Waals surface area contributed by atoms with Crippen LogP contribution in [-0.4, -0.2) is 56.4 Å². The van der Waals surface area contributed by atoms with Crippen LogP contribution in [0.2, 0.25) is 0 Å². The van der Waals surface area contributed by atoms with E-state index < -0.39 is 15.7 Å². The van der Waals surface area contributed by atoms with Crippen LogP contribution in [0.4, 0.5) is 11.4 Å². The zero-order valence-electron chi connectivity index (χ0n) is 13.9. The van der Waals surface area contributed by atoms with Gasteiger partial charge in [0.25, 0.3) is 5.91 Å². The van der Waals surface area contributed by atoms with Gasteiger partial charge in [-0.1, -0.05) is 11.8 Å². The molecule has 0 spiro atoms. The Labute approximate surface area is 151 Å². The lowest BCUT2D eigenvalue weighted by atomic mass is 10.2. The smallest absolute Gasteiger partial charge is 0.262 e. The second kappa shape index (κ2) is 6.69. The molecular formula is C16H18N4O3S2. The lowest BCUT2D eigenvalue weighted by Crippen LogP contribution is -2.37. The van der Waals surface area contributed by atoms with Crippen LogP contribution in [0.3, 0.4) is 0 Å². The number of thioether (sulfide) groups is 1. The lowest BCUT2D eigenvalue weighted by Gasteiger charge is -2.25. The van der Waals surface area contributed by atoms with E-state index in [-0.39, 0.29) is 29.2 Å². The quantitative estimate of drug-likeness (QED) is 0.782. The topological polar surface area (TPSA) is 93.8 Å². The molecule has 1 aromatic carbocycles. The van der Waals surface area contributed by atoms with Crippen LogP contribution in [0.25, 0.3) is 0 Å². The van der Waals surface area contributed by atoms with Gasteiger partial charge in [-0.25, -0.2) is 8.42 Å². The van der Waals surface area contributed by atoms with E-state index in [9.17, 15) is 13.2 Å². The van der Waals surface area contributed by atoms with Crippen LogP contribution in [0, 0.1) is 11.3 Å². The first kappa shape index (κ1) is 17.8. The molecule has 2 aliphatic heterocycles. The van der Waals surface area contributed by atoms with E-state index in [1.54, 1.807) is 6.07 Å². The number of anilines is 2. The van der Waals surface area contributed by atoms with Gasteiger partial charge in [0.15, 0.2) is 15.0 Å². The highest BCUT2D eigenvalue weighted by Gasteiger charge is 2.49. The third kappa shape index (κ3) is 3.65. The van der Waals surface area contributed by atoms with Gasteiger partial charge in [-0.2, -0.15) is 10.3 Å². The van der Waals surface area contributed by atoms with Gasteiger partial charge in [0, 0.05) is 30.7 Å². The minimum absolute atomic E-state index is 0.0472. The molecule has 2 saturated heterocycles. The van der Waals surface area contributed by atoms with Crippen LogP contribution < -0.4 is 9.80 Å². The molecule has 0 aliphatic carbocycles. The van der Waals surface area contributed by atoms with Crippen molar-refractivity contribution in [3.8, 4) is 6.07 Å². The van der Waals surface area contributed by atoms with Crippen LogP contribution in [-0.2, 0) is 14.6 Å². The fourth-order valence-electron chi connectivity index (χ4n) is 2.99. The van der Waals surface area contributed by atoms with Crippen LogP contribution in [0.15, 0.2) is 29.3 Å². The number of nitriles is 1. The van der Waals surface area contributed by atoms with Gasteiger partial charge in [-0.3, -0.25) is 4.79 Å². The molecule has 1 amide bonds. The summed E-state index contributed by atoms with van der Waals surface area (Å²) in [7, 11) is 0.783. The summed E-state index contributed by atoms with van der Waals surface area (Å²) < 4.78 is 24.0. The highest BCUT2D eigenvalue weighted by Crippen LogP contribution is 2.41. The maximum absolute atomic E-state index is 12.0. The van der Waals surface area contributed by atoms with Crippen LogP contribution >= 0.6 is 11.8 Å². The van der Waals surface area contributed by atoms with E-state index >= 15 is 0 Å². The number of carbonyl (C=O) groups is 1. The Hall–Kier alpha value is -2.05. The van der Waals surface area contributed by atoms with Gasteiger partial charge in [-0.05, 0) is 24.3 Å². The fourth-order valence-corrected chi connectivity index (χ4v) is 6.92. The van der Waals surface area contributed by atoms with Crippen molar-refractivity contribution in [1.82, 2.24) is 0 Å². The second-order valence-corrected chi connectivity index (χ2v) is 9.56. The Balaban J connectivity index is 1.97. The molecule has 1 aromatic rings.